The molecule has 4 rings (SSSR count). The third-order valence-electron chi connectivity index (χ3n) is 5.89. The number of likely N-dealkylation sites (tertiary alicyclic amines) is 1. The second kappa shape index (κ2) is 9.16. The van der Waals surface area contributed by atoms with Crippen molar-refractivity contribution in [2.45, 2.75) is 46.3 Å². The molecule has 1 aliphatic rings. The number of amides is 2. The van der Waals surface area contributed by atoms with Gasteiger partial charge in [-0.3, -0.25) is 14.3 Å². The Balaban J connectivity index is 1.36. The largest absolute Gasteiger partial charge is 0.348 e. The van der Waals surface area contributed by atoms with E-state index in [0.717, 1.165) is 35.5 Å². The van der Waals surface area contributed by atoms with Crippen molar-refractivity contribution in [2.24, 2.45) is 0 Å². The first-order valence-corrected chi connectivity index (χ1v) is 10.7. The van der Waals surface area contributed by atoms with Crippen LogP contribution in [0.3, 0.4) is 0 Å². The molecular weight excluding hydrogens is 388 g/mol. The van der Waals surface area contributed by atoms with Gasteiger partial charge in [0.25, 0.3) is 5.91 Å². The Hall–Kier alpha value is -3.41. The van der Waals surface area contributed by atoms with Crippen LogP contribution in [0.4, 0.5) is 0 Å². The first-order chi connectivity index (χ1) is 15.0. The first-order valence-electron chi connectivity index (χ1n) is 10.7. The van der Waals surface area contributed by atoms with Crippen molar-refractivity contribution < 1.29 is 9.59 Å². The minimum Gasteiger partial charge on any atom is -0.348 e. The van der Waals surface area contributed by atoms with Gasteiger partial charge in [0.05, 0.1) is 12.2 Å². The number of aryl methyl sites for hydroxylation is 1. The van der Waals surface area contributed by atoms with Crippen LogP contribution >= 0.6 is 0 Å². The second-order valence-electron chi connectivity index (χ2n) is 8.09. The molecule has 31 heavy (non-hydrogen) atoms. The Morgan fingerprint density at radius 2 is 1.71 bits per heavy atom. The van der Waals surface area contributed by atoms with Gasteiger partial charge in [0, 0.05) is 42.9 Å². The maximum Gasteiger partial charge on any atom is 0.251 e. The van der Waals surface area contributed by atoms with Gasteiger partial charge in [0.15, 0.2) is 0 Å². The van der Waals surface area contributed by atoms with Crippen LogP contribution in [-0.2, 0) is 24.4 Å². The number of rotatable bonds is 7. The van der Waals surface area contributed by atoms with Crippen LogP contribution in [0.5, 0.6) is 0 Å². The maximum atomic E-state index is 12.6. The number of carbonyl (C=O) groups is 2. The summed E-state index contributed by atoms with van der Waals surface area (Å²) in [5.74, 6) is 0.0961. The molecule has 1 aromatic heterocycles. The zero-order chi connectivity index (χ0) is 21.8. The molecule has 0 radical (unpaired) electrons. The summed E-state index contributed by atoms with van der Waals surface area (Å²) in [7, 11) is 0. The molecule has 1 aliphatic heterocycles. The molecule has 0 bridgehead atoms. The van der Waals surface area contributed by atoms with E-state index in [1.165, 1.54) is 5.56 Å². The van der Waals surface area contributed by atoms with Gasteiger partial charge >= 0.3 is 0 Å². The van der Waals surface area contributed by atoms with Gasteiger partial charge in [0.2, 0.25) is 5.91 Å². The first kappa shape index (κ1) is 20.8. The predicted molar refractivity (Wildman–Crippen MR) is 120 cm³/mol. The molecule has 160 valence electrons. The monoisotopic (exact) mass is 416 g/mol. The normalized spacial score (nSPS) is 13.6. The van der Waals surface area contributed by atoms with Crippen LogP contribution in [0, 0.1) is 13.8 Å². The summed E-state index contributed by atoms with van der Waals surface area (Å²) in [6.07, 6.45) is 1.57. The molecule has 0 unspecified atom stereocenters. The number of aromatic nitrogens is 2. The highest BCUT2D eigenvalue weighted by Gasteiger charge is 2.20. The summed E-state index contributed by atoms with van der Waals surface area (Å²) < 4.78 is 1.99. The number of hydrogen-bond donors (Lipinski definition) is 1. The van der Waals surface area contributed by atoms with Crippen molar-refractivity contribution in [3.8, 4) is 0 Å². The quantitative estimate of drug-likeness (QED) is 0.640. The third-order valence-corrected chi connectivity index (χ3v) is 5.89. The van der Waals surface area contributed by atoms with Crippen LogP contribution in [0.1, 0.15) is 51.3 Å². The lowest BCUT2D eigenvalue weighted by Gasteiger charge is -2.15. The highest BCUT2D eigenvalue weighted by atomic mass is 16.2. The average molecular weight is 417 g/mol. The number of benzene rings is 2. The molecule has 1 saturated heterocycles. The van der Waals surface area contributed by atoms with Crippen molar-refractivity contribution in [1.82, 2.24) is 20.0 Å². The Labute approximate surface area is 182 Å². The Morgan fingerprint density at radius 1 is 1.00 bits per heavy atom. The van der Waals surface area contributed by atoms with E-state index in [1.807, 2.05) is 65.9 Å². The summed E-state index contributed by atoms with van der Waals surface area (Å²) >= 11 is 0. The molecule has 0 spiro atoms. The van der Waals surface area contributed by atoms with Gasteiger partial charge in [-0.2, -0.15) is 5.10 Å². The molecule has 3 aromatic rings. The number of hydrogen-bond acceptors (Lipinski definition) is 3. The molecule has 0 saturated carbocycles. The summed E-state index contributed by atoms with van der Waals surface area (Å²) in [6, 6.07) is 17.7. The molecule has 2 aromatic carbocycles. The summed E-state index contributed by atoms with van der Waals surface area (Å²) in [5, 5.41) is 7.67. The highest BCUT2D eigenvalue weighted by molar-refractivity contribution is 5.94. The van der Waals surface area contributed by atoms with Crippen LogP contribution in [0.2, 0.25) is 0 Å². The average Bonchev–Trinajstić information content (AvgIpc) is 3.29. The lowest BCUT2D eigenvalue weighted by molar-refractivity contribution is -0.128. The minimum atomic E-state index is -0.113. The standard InChI is InChI=1S/C25H28N4O2/c1-18-23(19(2)29(27-18)17-20-7-4-3-5-8-20)15-26-25(31)22-12-10-21(11-13-22)16-28-14-6-9-24(28)30/h3-5,7-8,10-13H,6,9,14-17H2,1-2H3,(H,26,31). The van der Waals surface area contributed by atoms with Gasteiger partial charge in [-0.1, -0.05) is 42.5 Å². The van der Waals surface area contributed by atoms with Gasteiger partial charge in [0.1, 0.15) is 0 Å². The van der Waals surface area contributed by atoms with E-state index in [1.54, 1.807) is 0 Å². The van der Waals surface area contributed by atoms with Crippen molar-refractivity contribution >= 4 is 11.8 Å². The topological polar surface area (TPSA) is 67.2 Å². The molecule has 6 heteroatoms. The van der Waals surface area contributed by atoms with E-state index in [4.69, 9.17) is 0 Å². The molecule has 2 heterocycles. The summed E-state index contributed by atoms with van der Waals surface area (Å²) in [6.45, 7) is 6.60. The molecule has 0 atom stereocenters. The lowest BCUT2D eigenvalue weighted by atomic mass is 10.1. The number of nitrogens with zero attached hydrogens (tertiary/aromatic N) is 3. The summed E-state index contributed by atoms with van der Waals surface area (Å²) in [5.41, 5.74) is 5.89. The fraction of sp³-hybridized carbons (Fsp3) is 0.320. The minimum absolute atomic E-state index is 0.113. The predicted octanol–water partition coefficient (Wildman–Crippen LogP) is 3.60. The van der Waals surface area contributed by atoms with Crippen molar-refractivity contribution in [1.29, 1.82) is 0 Å². The Bertz CT molecular complexity index is 1070. The zero-order valence-electron chi connectivity index (χ0n) is 18.1. The van der Waals surface area contributed by atoms with Gasteiger partial charge in [-0.15, -0.1) is 0 Å². The maximum absolute atomic E-state index is 12.6. The van der Waals surface area contributed by atoms with Crippen LogP contribution in [-0.4, -0.2) is 33.0 Å². The van der Waals surface area contributed by atoms with E-state index in [9.17, 15) is 9.59 Å². The molecule has 1 fully saturated rings. The smallest absolute Gasteiger partial charge is 0.251 e. The molecule has 1 N–H and O–H groups in total. The lowest BCUT2D eigenvalue weighted by Crippen LogP contribution is -2.24. The Kier molecular flexibility index (Phi) is 6.16. The van der Waals surface area contributed by atoms with Gasteiger partial charge in [-0.05, 0) is 43.5 Å². The number of nitrogens with one attached hydrogen (secondary N) is 1. The van der Waals surface area contributed by atoms with E-state index < -0.39 is 0 Å². The zero-order valence-corrected chi connectivity index (χ0v) is 18.1. The van der Waals surface area contributed by atoms with Gasteiger partial charge in [-0.25, -0.2) is 0 Å². The van der Waals surface area contributed by atoms with Gasteiger partial charge < -0.3 is 10.2 Å². The SMILES string of the molecule is Cc1nn(Cc2ccccc2)c(C)c1CNC(=O)c1ccc(CN2CCCC2=O)cc1. The molecular formula is C25H28N4O2. The highest BCUT2D eigenvalue weighted by Crippen LogP contribution is 2.16. The summed E-state index contributed by atoms with van der Waals surface area (Å²) in [4.78, 5) is 26.3. The van der Waals surface area contributed by atoms with E-state index >= 15 is 0 Å². The van der Waals surface area contributed by atoms with Crippen LogP contribution in [0.25, 0.3) is 0 Å². The van der Waals surface area contributed by atoms with Crippen molar-refractivity contribution in [2.75, 3.05) is 6.54 Å². The van der Waals surface area contributed by atoms with Crippen molar-refractivity contribution in [3.05, 3.63) is 88.2 Å². The van der Waals surface area contributed by atoms with E-state index in [2.05, 4.69) is 22.5 Å². The van der Waals surface area contributed by atoms with E-state index in [0.29, 0.717) is 31.6 Å². The molecule has 0 aliphatic carbocycles. The second-order valence-corrected chi connectivity index (χ2v) is 8.09. The third kappa shape index (κ3) is 4.85. The van der Waals surface area contributed by atoms with E-state index in [-0.39, 0.29) is 11.8 Å². The van der Waals surface area contributed by atoms with Crippen LogP contribution < -0.4 is 5.32 Å². The number of carbonyl (C=O) groups excluding carboxylic acids is 2. The van der Waals surface area contributed by atoms with Crippen LogP contribution in [0.15, 0.2) is 54.6 Å². The fourth-order valence-corrected chi connectivity index (χ4v) is 4.02. The fourth-order valence-electron chi connectivity index (χ4n) is 4.02. The molecule has 2 amide bonds. The molecule has 6 nitrogen and oxygen atoms in total. The Morgan fingerprint density at radius 3 is 2.39 bits per heavy atom. The van der Waals surface area contributed by atoms with Crippen molar-refractivity contribution in [3.63, 3.8) is 0 Å².